The molecule has 1 aliphatic heterocycles. The molecule has 0 spiro atoms. The molecule has 1 unspecified atom stereocenters. The summed E-state index contributed by atoms with van der Waals surface area (Å²) >= 11 is 2.22. The standard InChI is InChI=1S/C7H11F2IO/c1-4-5(10)2-3-11-6(4)7(8)9/h4-7H,2-3H2,1H3/t4-,5?,6-/m0/s1. The Kier molecular flexibility index (Phi) is 3.49. The fraction of sp³-hybridized carbons (Fsp3) is 1.00. The van der Waals surface area contributed by atoms with Crippen LogP contribution in [-0.2, 0) is 4.74 Å². The molecule has 0 bridgehead atoms. The molecule has 0 amide bonds. The van der Waals surface area contributed by atoms with E-state index in [9.17, 15) is 8.78 Å². The van der Waals surface area contributed by atoms with Gasteiger partial charge >= 0.3 is 0 Å². The lowest BCUT2D eigenvalue weighted by Gasteiger charge is -2.32. The van der Waals surface area contributed by atoms with Crippen molar-refractivity contribution < 1.29 is 13.5 Å². The Labute approximate surface area is 78.6 Å². The van der Waals surface area contributed by atoms with Gasteiger partial charge in [-0.3, -0.25) is 0 Å². The maximum absolute atomic E-state index is 12.2. The molecule has 1 nitrogen and oxygen atoms in total. The smallest absolute Gasteiger partial charge is 0.264 e. The number of halogens is 3. The molecule has 0 N–H and O–H groups in total. The van der Waals surface area contributed by atoms with Gasteiger partial charge in [0.05, 0.1) is 0 Å². The first-order chi connectivity index (χ1) is 5.13. The summed E-state index contributed by atoms with van der Waals surface area (Å²) in [5.41, 5.74) is 0. The highest BCUT2D eigenvalue weighted by Crippen LogP contribution is 2.30. The van der Waals surface area contributed by atoms with Gasteiger partial charge in [0.15, 0.2) is 0 Å². The minimum atomic E-state index is -2.33. The van der Waals surface area contributed by atoms with Gasteiger partial charge in [-0.15, -0.1) is 0 Å². The number of rotatable bonds is 1. The van der Waals surface area contributed by atoms with Gasteiger partial charge in [0.1, 0.15) is 6.10 Å². The average Bonchev–Trinajstić information content (AvgIpc) is 1.94. The van der Waals surface area contributed by atoms with Crippen molar-refractivity contribution in [2.45, 2.75) is 29.8 Å². The maximum atomic E-state index is 12.2. The van der Waals surface area contributed by atoms with Gasteiger partial charge < -0.3 is 4.74 Å². The largest absolute Gasteiger partial charge is 0.372 e. The molecule has 0 saturated carbocycles. The van der Waals surface area contributed by atoms with E-state index in [0.717, 1.165) is 6.42 Å². The molecule has 1 fully saturated rings. The summed E-state index contributed by atoms with van der Waals surface area (Å²) in [6.45, 7) is 2.31. The summed E-state index contributed by atoms with van der Waals surface area (Å²) in [5, 5.41) is 0. The summed E-state index contributed by atoms with van der Waals surface area (Å²) in [7, 11) is 0. The second kappa shape index (κ2) is 3.98. The summed E-state index contributed by atoms with van der Waals surface area (Å²) in [6.07, 6.45) is -2.28. The predicted octanol–water partition coefficient (Wildman–Crippen LogP) is 2.48. The SMILES string of the molecule is C[C@H]1C(I)CCO[C@@H]1C(F)F. The van der Waals surface area contributed by atoms with Gasteiger partial charge in [0.2, 0.25) is 0 Å². The molecule has 1 heterocycles. The Morgan fingerprint density at radius 2 is 2.18 bits per heavy atom. The summed E-state index contributed by atoms with van der Waals surface area (Å²) in [4.78, 5) is 0. The van der Waals surface area contributed by atoms with E-state index in [2.05, 4.69) is 22.6 Å². The third-order valence-corrected chi connectivity index (χ3v) is 3.80. The van der Waals surface area contributed by atoms with Gasteiger partial charge in [0.25, 0.3) is 6.43 Å². The highest BCUT2D eigenvalue weighted by atomic mass is 127. The number of ether oxygens (including phenoxy) is 1. The lowest BCUT2D eigenvalue weighted by molar-refractivity contribution is -0.101. The highest BCUT2D eigenvalue weighted by Gasteiger charge is 2.35. The van der Waals surface area contributed by atoms with Crippen LogP contribution < -0.4 is 0 Å². The topological polar surface area (TPSA) is 9.23 Å². The molecule has 0 aliphatic carbocycles. The van der Waals surface area contributed by atoms with Crippen molar-refractivity contribution in [2.75, 3.05) is 6.61 Å². The predicted molar refractivity (Wildman–Crippen MR) is 47.3 cm³/mol. The third kappa shape index (κ3) is 2.24. The zero-order chi connectivity index (χ0) is 8.43. The van der Waals surface area contributed by atoms with Crippen molar-refractivity contribution >= 4 is 22.6 Å². The average molecular weight is 276 g/mol. The monoisotopic (exact) mass is 276 g/mol. The molecule has 0 radical (unpaired) electrons. The van der Waals surface area contributed by atoms with Crippen LogP contribution in [0.1, 0.15) is 13.3 Å². The van der Waals surface area contributed by atoms with Crippen molar-refractivity contribution in [1.29, 1.82) is 0 Å². The molecule has 11 heavy (non-hydrogen) atoms. The van der Waals surface area contributed by atoms with Crippen LogP contribution in [0.25, 0.3) is 0 Å². The summed E-state index contributed by atoms with van der Waals surface area (Å²) in [6, 6.07) is 0. The minimum Gasteiger partial charge on any atom is -0.372 e. The van der Waals surface area contributed by atoms with E-state index >= 15 is 0 Å². The first-order valence-electron chi connectivity index (χ1n) is 3.66. The molecule has 1 rings (SSSR count). The Bertz CT molecular complexity index is 132. The van der Waals surface area contributed by atoms with Crippen LogP contribution in [0, 0.1) is 5.92 Å². The molecular weight excluding hydrogens is 265 g/mol. The van der Waals surface area contributed by atoms with Crippen molar-refractivity contribution in [3.8, 4) is 0 Å². The first kappa shape index (κ1) is 9.64. The van der Waals surface area contributed by atoms with E-state index in [0.29, 0.717) is 10.5 Å². The van der Waals surface area contributed by atoms with E-state index in [1.54, 1.807) is 0 Å². The van der Waals surface area contributed by atoms with Crippen LogP contribution >= 0.6 is 22.6 Å². The molecule has 0 aromatic rings. The van der Waals surface area contributed by atoms with Crippen molar-refractivity contribution in [3.05, 3.63) is 0 Å². The molecule has 66 valence electrons. The molecule has 0 aromatic carbocycles. The Balaban J connectivity index is 2.51. The van der Waals surface area contributed by atoms with E-state index < -0.39 is 12.5 Å². The van der Waals surface area contributed by atoms with Crippen LogP contribution in [0.5, 0.6) is 0 Å². The molecule has 1 aliphatic rings. The van der Waals surface area contributed by atoms with Gasteiger partial charge in [-0.2, -0.15) is 0 Å². The summed E-state index contributed by atoms with van der Waals surface area (Å²) in [5.74, 6) is -0.0238. The third-order valence-electron chi connectivity index (χ3n) is 2.04. The Morgan fingerprint density at radius 1 is 1.55 bits per heavy atom. The second-order valence-electron chi connectivity index (χ2n) is 2.83. The van der Waals surface area contributed by atoms with E-state index in [-0.39, 0.29) is 5.92 Å². The Hall–Kier alpha value is 0.550. The number of alkyl halides is 3. The number of hydrogen-bond acceptors (Lipinski definition) is 1. The van der Waals surface area contributed by atoms with Crippen LogP contribution in [-0.4, -0.2) is 23.1 Å². The summed E-state index contributed by atoms with van der Waals surface area (Å²) < 4.78 is 29.7. The Morgan fingerprint density at radius 3 is 2.64 bits per heavy atom. The van der Waals surface area contributed by atoms with Gasteiger partial charge in [-0.25, -0.2) is 8.78 Å². The quantitative estimate of drug-likeness (QED) is 0.528. The van der Waals surface area contributed by atoms with Gasteiger partial charge in [0, 0.05) is 10.5 Å². The molecule has 4 heteroatoms. The molecular formula is C7H11F2IO. The van der Waals surface area contributed by atoms with Crippen LogP contribution in [0.4, 0.5) is 8.78 Å². The van der Waals surface area contributed by atoms with E-state index in [1.165, 1.54) is 0 Å². The van der Waals surface area contributed by atoms with Gasteiger partial charge in [-0.05, 0) is 12.3 Å². The zero-order valence-corrected chi connectivity index (χ0v) is 8.42. The fourth-order valence-corrected chi connectivity index (χ4v) is 1.90. The van der Waals surface area contributed by atoms with E-state index in [1.807, 2.05) is 6.92 Å². The molecule has 0 aromatic heterocycles. The first-order valence-corrected chi connectivity index (χ1v) is 4.91. The number of hydrogen-bond donors (Lipinski definition) is 0. The van der Waals surface area contributed by atoms with Crippen molar-refractivity contribution in [3.63, 3.8) is 0 Å². The maximum Gasteiger partial charge on any atom is 0.264 e. The van der Waals surface area contributed by atoms with Crippen LogP contribution in [0.2, 0.25) is 0 Å². The van der Waals surface area contributed by atoms with Crippen molar-refractivity contribution in [2.24, 2.45) is 5.92 Å². The fourth-order valence-electron chi connectivity index (χ4n) is 1.24. The lowest BCUT2D eigenvalue weighted by atomic mass is 9.97. The zero-order valence-electron chi connectivity index (χ0n) is 6.27. The second-order valence-corrected chi connectivity index (χ2v) is 4.43. The van der Waals surface area contributed by atoms with Crippen LogP contribution in [0.3, 0.4) is 0 Å². The van der Waals surface area contributed by atoms with Crippen molar-refractivity contribution in [1.82, 2.24) is 0 Å². The molecule has 3 atom stereocenters. The van der Waals surface area contributed by atoms with Gasteiger partial charge in [-0.1, -0.05) is 29.5 Å². The minimum absolute atomic E-state index is 0.0238. The lowest BCUT2D eigenvalue weighted by Crippen LogP contribution is -2.39. The van der Waals surface area contributed by atoms with Crippen LogP contribution in [0.15, 0.2) is 0 Å². The van der Waals surface area contributed by atoms with E-state index in [4.69, 9.17) is 4.74 Å². The highest BCUT2D eigenvalue weighted by molar-refractivity contribution is 14.1. The normalized spacial score (nSPS) is 39.5. The molecule has 1 saturated heterocycles.